The molecular formula is C16H18N4. The van der Waals surface area contributed by atoms with Crippen LogP contribution in [0.2, 0.25) is 0 Å². The molecule has 3 rings (SSSR count). The number of benzene rings is 1. The summed E-state index contributed by atoms with van der Waals surface area (Å²) in [5.41, 5.74) is 10.1. The summed E-state index contributed by atoms with van der Waals surface area (Å²) in [6, 6.07) is 12.4. The van der Waals surface area contributed by atoms with E-state index in [1.165, 1.54) is 5.56 Å². The molecular weight excluding hydrogens is 248 g/mol. The smallest absolute Gasteiger partial charge is 0.159 e. The molecule has 1 atom stereocenters. The molecule has 0 aliphatic rings. The van der Waals surface area contributed by atoms with Gasteiger partial charge in [-0.15, -0.1) is 0 Å². The van der Waals surface area contributed by atoms with Crippen molar-refractivity contribution >= 4 is 11.0 Å². The molecule has 0 fully saturated rings. The van der Waals surface area contributed by atoms with Crippen molar-refractivity contribution in [3.05, 3.63) is 48.2 Å². The molecule has 0 amide bonds. The Morgan fingerprint density at radius 3 is 2.80 bits per heavy atom. The Bertz CT molecular complexity index is 729. The lowest BCUT2D eigenvalue weighted by molar-refractivity contribution is 0.738. The van der Waals surface area contributed by atoms with Crippen LogP contribution in [0.15, 0.2) is 42.6 Å². The topological polar surface area (TPSA) is 56.7 Å². The summed E-state index contributed by atoms with van der Waals surface area (Å²) in [6.45, 7) is 2.02. The van der Waals surface area contributed by atoms with Crippen LogP contribution >= 0.6 is 0 Å². The number of hydrogen-bond donors (Lipinski definition) is 1. The molecule has 0 saturated heterocycles. The van der Waals surface area contributed by atoms with Crippen molar-refractivity contribution in [2.24, 2.45) is 12.8 Å². The molecule has 20 heavy (non-hydrogen) atoms. The van der Waals surface area contributed by atoms with Crippen LogP contribution in [0.3, 0.4) is 0 Å². The van der Waals surface area contributed by atoms with Gasteiger partial charge in [-0.25, -0.2) is 4.98 Å². The van der Waals surface area contributed by atoms with Gasteiger partial charge in [0.2, 0.25) is 0 Å². The lowest BCUT2D eigenvalue weighted by Gasteiger charge is -2.05. The molecule has 2 N–H and O–H groups in total. The Labute approximate surface area is 118 Å². The normalized spacial score (nSPS) is 12.8. The van der Waals surface area contributed by atoms with E-state index in [9.17, 15) is 0 Å². The average Bonchev–Trinajstić information content (AvgIpc) is 2.76. The van der Waals surface area contributed by atoms with Crippen molar-refractivity contribution in [3.8, 4) is 11.5 Å². The van der Waals surface area contributed by atoms with Crippen LogP contribution in [-0.4, -0.2) is 20.6 Å². The molecule has 0 aliphatic carbocycles. The Morgan fingerprint density at radius 1 is 1.25 bits per heavy atom. The predicted molar refractivity (Wildman–Crippen MR) is 81.3 cm³/mol. The number of nitrogens with two attached hydrogens (primary N) is 1. The van der Waals surface area contributed by atoms with Gasteiger partial charge in [-0.1, -0.05) is 12.1 Å². The molecule has 0 spiro atoms. The molecule has 4 nitrogen and oxygen atoms in total. The van der Waals surface area contributed by atoms with E-state index in [-0.39, 0.29) is 6.04 Å². The van der Waals surface area contributed by atoms with Crippen LogP contribution in [-0.2, 0) is 13.5 Å². The van der Waals surface area contributed by atoms with Gasteiger partial charge in [0, 0.05) is 19.3 Å². The second-order valence-electron chi connectivity index (χ2n) is 5.21. The van der Waals surface area contributed by atoms with Crippen LogP contribution in [0.5, 0.6) is 0 Å². The number of fused-ring (bicyclic) bond motifs is 1. The van der Waals surface area contributed by atoms with Gasteiger partial charge in [-0.2, -0.15) is 0 Å². The van der Waals surface area contributed by atoms with Gasteiger partial charge in [0.05, 0.1) is 11.0 Å². The van der Waals surface area contributed by atoms with Crippen molar-refractivity contribution in [1.82, 2.24) is 14.5 Å². The van der Waals surface area contributed by atoms with E-state index >= 15 is 0 Å². The maximum Gasteiger partial charge on any atom is 0.159 e. The van der Waals surface area contributed by atoms with Crippen molar-refractivity contribution in [2.45, 2.75) is 19.4 Å². The molecule has 2 heterocycles. The first kappa shape index (κ1) is 12.8. The summed E-state index contributed by atoms with van der Waals surface area (Å²) in [7, 11) is 2.02. The van der Waals surface area contributed by atoms with Crippen LogP contribution < -0.4 is 5.73 Å². The van der Waals surface area contributed by atoms with Crippen LogP contribution in [0, 0.1) is 0 Å². The second-order valence-corrected chi connectivity index (χ2v) is 5.21. The molecule has 0 aliphatic heterocycles. The highest BCUT2D eigenvalue weighted by atomic mass is 15.1. The molecule has 1 aromatic carbocycles. The first-order chi connectivity index (χ1) is 9.65. The van der Waals surface area contributed by atoms with E-state index in [4.69, 9.17) is 10.7 Å². The molecule has 1 unspecified atom stereocenters. The largest absolute Gasteiger partial charge is 0.328 e. The number of aromatic nitrogens is 3. The van der Waals surface area contributed by atoms with E-state index in [0.29, 0.717) is 0 Å². The first-order valence-electron chi connectivity index (χ1n) is 6.77. The van der Waals surface area contributed by atoms with Gasteiger partial charge in [-0.3, -0.25) is 4.98 Å². The maximum atomic E-state index is 5.86. The van der Waals surface area contributed by atoms with E-state index in [0.717, 1.165) is 29.0 Å². The van der Waals surface area contributed by atoms with Gasteiger partial charge in [0.15, 0.2) is 5.82 Å². The lowest BCUT2D eigenvalue weighted by atomic mass is 10.1. The monoisotopic (exact) mass is 266 g/mol. The fraction of sp³-hybridized carbons (Fsp3) is 0.250. The van der Waals surface area contributed by atoms with E-state index in [2.05, 4.69) is 27.8 Å². The SMILES string of the molecule is CC(N)Cc1ccc2c(c1)nc(-c1ccccn1)n2C. The van der Waals surface area contributed by atoms with Crippen molar-refractivity contribution in [1.29, 1.82) is 0 Å². The summed E-state index contributed by atoms with van der Waals surface area (Å²) in [4.78, 5) is 9.08. The van der Waals surface area contributed by atoms with E-state index in [1.54, 1.807) is 6.20 Å². The number of rotatable bonds is 3. The van der Waals surface area contributed by atoms with Gasteiger partial charge in [-0.05, 0) is 43.2 Å². The highest BCUT2D eigenvalue weighted by Gasteiger charge is 2.11. The second kappa shape index (κ2) is 5.06. The Hall–Kier alpha value is -2.20. The highest BCUT2D eigenvalue weighted by Crippen LogP contribution is 2.23. The number of hydrogen-bond acceptors (Lipinski definition) is 3. The molecule has 4 heteroatoms. The summed E-state index contributed by atoms with van der Waals surface area (Å²) in [5, 5.41) is 0. The fourth-order valence-corrected chi connectivity index (χ4v) is 2.47. The maximum absolute atomic E-state index is 5.86. The number of aryl methyl sites for hydroxylation is 1. The zero-order valence-electron chi connectivity index (χ0n) is 11.7. The standard InChI is InChI=1S/C16H18N4/c1-11(17)9-12-6-7-15-14(10-12)19-16(20(15)2)13-5-3-4-8-18-13/h3-8,10-11H,9,17H2,1-2H3. The Balaban J connectivity index is 2.10. The molecule has 3 aromatic rings. The molecule has 0 radical (unpaired) electrons. The van der Waals surface area contributed by atoms with Crippen molar-refractivity contribution in [3.63, 3.8) is 0 Å². The quantitative estimate of drug-likeness (QED) is 0.792. The third-order valence-electron chi connectivity index (χ3n) is 3.40. The van der Waals surface area contributed by atoms with Gasteiger partial charge in [0.1, 0.15) is 5.69 Å². The van der Waals surface area contributed by atoms with Crippen LogP contribution in [0.1, 0.15) is 12.5 Å². The first-order valence-corrected chi connectivity index (χ1v) is 6.77. The molecule has 0 bridgehead atoms. The van der Waals surface area contributed by atoms with Gasteiger partial charge >= 0.3 is 0 Å². The fourth-order valence-electron chi connectivity index (χ4n) is 2.47. The third-order valence-corrected chi connectivity index (χ3v) is 3.40. The number of nitrogens with zero attached hydrogens (tertiary/aromatic N) is 3. The molecule has 102 valence electrons. The lowest BCUT2D eigenvalue weighted by Crippen LogP contribution is -2.17. The van der Waals surface area contributed by atoms with Crippen molar-refractivity contribution in [2.75, 3.05) is 0 Å². The minimum absolute atomic E-state index is 0.159. The Kier molecular flexibility index (Phi) is 3.24. The highest BCUT2D eigenvalue weighted by molar-refractivity contribution is 5.80. The summed E-state index contributed by atoms with van der Waals surface area (Å²) >= 11 is 0. The van der Waals surface area contributed by atoms with Gasteiger partial charge in [0.25, 0.3) is 0 Å². The predicted octanol–water partition coefficient (Wildman–Crippen LogP) is 2.53. The molecule has 0 saturated carbocycles. The summed E-state index contributed by atoms with van der Waals surface area (Å²) < 4.78 is 2.08. The number of pyridine rings is 1. The summed E-state index contributed by atoms with van der Waals surface area (Å²) in [6.07, 6.45) is 2.65. The number of imidazole rings is 1. The van der Waals surface area contributed by atoms with E-state index in [1.807, 2.05) is 32.2 Å². The van der Waals surface area contributed by atoms with Gasteiger partial charge < -0.3 is 10.3 Å². The zero-order chi connectivity index (χ0) is 14.1. The third kappa shape index (κ3) is 2.30. The summed E-state index contributed by atoms with van der Waals surface area (Å²) in [5.74, 6) is 0.888. The molecule has 2 aromatic heterocycles. The van der Waals surface area contributed by atoms with Crippen LogP contribution in [0.25, 0.3) is 22.6 Å². The zero-order valence-corrected chi connectivity index (χ0v) is 11.7. The van der Waals surface area contributed by atoms with Crippen molar-refractivity contribution < 1.29 is 0 Å². The average molecular weight is 266 g/mol. The minimum atomic E-state index is 0.159. The van der Waals surface area contributed by atoms with E-state index < -0.39 is 0 Å². The van der Waals surface area contributed by atoms with Crippen LogP contribution in [0.4, 0.5) is 0 Å². The minimum Gasteiger partial charge on any atom is -0.328 e. The Morgan fingerprint density at radius 2 is 2.10 bits per heavy atom.